The van der Waals surface area contributed by atoms with Crippen molar-refractivity contribution >= 4 is 16.9 Å². The molecule has 1 aliphatic heterocycles. The number of aromatic amines is 1. The number of likely N-dealkylation sites (tertiary alicyclic amines) is 1. The molecule has 106 valence electrons. The summed E-state index contributed by atoms with van der Waals surface area (Å²) >= 11 is 0. The second kappa shape index (κ2) is 5.25. The van der Waals surface area contributed by atoms with E-state index in [1.54, 1.807) is 6.33 Å². The van der Waals surface area contributed by atoms with E-state index in [4.69, 9.17) is 0 Å². The van der Waals surface area contributed by atoms with Gasteiger partial charge in [-0.05, 0) is 51.2 Å². The molecular weight excluding hydrogens is 252 g/mol. The zero-order valence-electron chi connectivity index (χ0n) is 12.0. The normalized spacial score (nSPS) is 17.5. The maximum absolute atomic E-state index is 12.6. The standard InChI is InChI=1S/C15H20N4O/c1-18-7-5-12(6-8-18)19(2)15(20)11-3-4-13-14(9-11)17-10-16-13/h3-4,9-10,12H,5-8H2,1-2H3,(H,16,17). The van der Waals surface area contributed by atoms with Gasteiger partial charge in [0, 0.05) is 18.7 Å². The largest absolute Gasteiger partial charge is 0.345 e. The van der Waals surface area contributed by atoms with Gasteiger partial charge in [0.25, 0.3) is 5.91 Å². The van der Waals surface area contributed by atoms with Gasteiger partial charge in [0.1, 0.15) is 0 Å². The van der Waals surface area contributed by atoms with Gasteiger partial charge in [0.15, 0.2) is 0 Å². The van der Waals surface area contributed by atoms with Crippen LogP contribution in [0.15, 0.2) is 24.5 Å². The zero-order valence-corrected chi connectivity index (χ0v) is 12.0. The zero-order chi connectivity index (χ0) is 14.1. The van der Waals surface area contributed by atoms with Crippen molar-refractivity contribution in [2.75, 3.05) is 27.2 Å². The molecule has 1 fully saturated rings. The van der Waals surface area contributed by atoms with Crippen LogP contribution in [0.2, 0.25) is 0 Å². The van der Waals surface area contributed by atoms with Crippen LogP contribution in [0.5, 0.6) is 0 Å². The molecule has 0 spiro atoms. The summed E-state index contributed by atoms with van der Waals surface area (Å²) in [7, 11) is 4.04. The average molecular weight is 272 g/mol. The average Bonchev–Trinajstić information content (AvgIpc) is 2.94. The molecule has 1 saturated heterocycles. The number of aromatic nitrogens is 2. The predicted molar refractivity (Wildman–Crippen MR) is 78.7 cm³/mol. The third-order valence-electron chi connectivity index (χ3n) is 4.22. The van der Waals surface area contributed by atoms with Gasteiger partial charge in [0.05, 0.1) is 17.4 Å². The number of H-pyrrole nitrogens is 1. The fourth-order valence-corrected chi connectivity index (χ4v) is 2.82. The second-order valence-corrected chi connectivity index (χ2v) is 5.58. The summed E-state index contributed by atoms with van der Waals surface area (Å²) in [5.74, 6) is 0.0936. The van der Waals surface area contributed by atoms with E-state index in [0.717, 1.165) is 42.5 Å². The highest BCUT2D eigenvalue weighted by atomic mass is 16.2. The molecule has 20 heavy (non-hydrogen) atoms. The molecule has 2 aromatic rings. The van der Waals surface area contributed by atoms with Crippen LogP contribution in [0.4, 0.5) is 0 Å². The Bertz CT molecular complexity index is 613. The maximum atomic E-state index is 12.6. The molecule has 1 N–H and O–H groups in total. The van der Waals surface area contributed by atoms with E-state index in [1.165, 1.54) is 0 Å². The summed E-state index contributed by atoms with van der Waals surface area (Å²) in [6.07, 6.45) is 3.75. The minimum absolute atomic E-state index is 0.0936. The first-order valence-corrected chi connectivity index (χ1v) is 7.04. The number of hydrogen-bond donors (Lipinski definition) is 1. The first kappa shape index (κ1) is 13.1. The highest BCUT2D eigenvalue weighted by Gasteiger charge is 2.24. The number of nitrogens with one attached hydrogen (secondary N) is 1. The van der Waals surface area contributed by atoms with Crippen molar-refractivity contribution in [3.8, 4) is 0 Å². The van der Waals surface area contributed by atoms with Gasteiger partial charge in [-0.25, -0.2) is 4.98 Å². The van der Waals surface area contributed by atoms with Gasteiger partial charge < -0.3 is 14.8 Å². The van der Waals surface area contributed by atoms with E-state index in [-0.39, 0.29) is 5.91 Å². The molecule has 1 aliphatic rings. The predicted octanol–water partition coefficient (Wildman–Crippen LogP) is 1.73. The van der Waals surface area contributed by atoms with E-state index >= 15 is 0 Å². The van der Waals surface area contributed by atoms with Crippen molar-refractivity contribution in [1.29, 1.82) is 0 Å². The SMILES string of the molecule is CN1CCC(N(C)C(=O)c2ccc3nc[nH]c3c2)CC1. The third-order valence-corrected chi connectivity index (χ3v) is 4.22. The van der Waals surface area contributed by atoms with Crippen LogP contribution >= 0.6 is 0 Å². The highest BCUT2D eigenvalue weighted by Crippen LogP contribution is 2.18. The Balaban J connectivity index is 1.77. The van der Waals surface area contributed by atoms with Crippen LogP contribution < -0.4 is 0 Å². The van der Waals surface area contributed by atoms with E-state index < -0.39 is 0 Å². The van der Waals surface area contributed by atoms with Gasteiger partial charge in [0.2, 0.25) is 0 Å². The molecule has 1 aromatic heterocycles. The van der Waals surface area contributed by atoms with Crippen molar-refractivity contribution in [3.05, 3.63) is 30.1 Å². The topological polar surface area (TPSA) is 52.2 Å². The first-order valence-electron chi connectivity index (χ1n) is 7.04. The van der Waals surface area contributed by atoms with Crippen LogP contribution in [0.25, 0.3) is 11.0 Å². The lowest BCUT2D eigenvalue weighted by Crippen LogP contribution is -2.44. The number of carbonyl (C=O) groups is 1. The van der Waals surface area contributed by atoms with E-state index in [2.05, 4.69) is 21.9 Å². The van der Waals surface area contributed by atoms with Crippen LogP contribution in [-0.4, -0.2) is 58.9 Å². The van der Waals surface area contributed by atoms with Crippen molar-refractivity contribution in [2.45, 2.75) is 18.9 Å². The molecule has 0 atom stereocenters. The molecule has 3 rings (SSSR count). The Kier molecular flexibility index (Phi) is 3.44. The Labute approximate surface area is 118 Å². The lowest BCUT2D eigenvalue weighted by molar-refractivity contribution is 0.0660. The molecule has 1 aromatic carbocycles. The minimum atomic E-state index is 0.0936. The number of carbonyl (C=O) groups excluding carboxylic acids is 1. The molecular formula is C15H20N4O. The number of fused-ring (bicyclic) bond motifs is 1. The number of benzene rings is 1. The number of amides is 1. The summed E-state index contributed by atoms with van der Waals surface area (Å²) < 4.78 is 0. The van der Waals surface area contributed by atoms with Crippen molar-refractivity contribution in [1.82, 2.24) is 19.8 Å². The molecule has 5 nitrogen and oxygen atoms in total. The van der Waals surface area contributed by atoms with Gasteiger partial charge in [-0.3, -0.25) is 4.79 Å². The van der Waals surface area contributed by atoms with E-state index in [1.807, 2.05) is 30.1 Å². The fraction of sp³-hybridized carbons (Fsp3) is 0.467. The molecule has 1 amide bonds. The van der Waals surface area contributed by atoms with Gasteiger partial charge in [-0.2, -0.15) is 0 Å². The first-order chi connectivity index (χ1) is 9.65. The lowest BCUT2D eigenvalue weighted by Gasteiger charge is -2.35. The number of imidazole rings is 1. The molecule has 5 heteroatoms. The Morgan fingerprint density at radius 3 is 2.90 bits per heavy atom. The van der Waals surface area contributed by atoms with Gasteiger partial charge in [-0.1, -0.05) is 0 Å². The van der Waals surface area contributed by atoms with Gasteiger partial charge >= 0.3 is 0 Å². The van der Waals surface area contributed by atoms with Gasteiger partial charge in [-0.15, -0.1) is 0 Å². The van der Waals surface area contributed by atoms with Crippen LogP contribution in [0.1, 0.15) is 23.2 Å². The number of hydrogen-bond acceptors (Lipinski definition) is 3. The summed E-state index contributed by atoms with van der Waals surface area (Å²) in [6, 6.07) is 5.98. The van der Waals surface area contributed by atoms with E-state index in [9.17, 15) is 4.79 Å². The fourth-order valence-electron chi connectivity index (χ4n) is 2.82. The van der Waals surface area contributed by atoms with Crippen LogP contribution in [0, 0.1) is 0 Å². The smallest absolute Gasteiger partial charge is 0.253 e. The Hall–Kier alpha value is -1.88. The monoisotopic (exact) mass is 272 g/mol. The molecule has 0 unspecified atom stereocenters. The van der Waals surface area contributed by atoms with Crippen LogP contribution in [0.3, 0.4) is 0 Å². The summed E-state index contributed by atoms with van der Waals surface area (Å²) in [4.78, 5) is 24.0. The number of piperidine rings is 1. The minimum Gasteiger partial charge on any atom is -0.345 e. The molecule has 0 bridgehead atoms. The summed E-state index contributed by atoms with van der Waals surface area (Å²) in [6.45, 7) is 2.11. The molecule has 0 radical (unpaired) electrons. The summed E-state index contributed by atoms with van der Waals surface area (Å²) in [5.41, 5.74) is 2.53. The van der Waals surface area contributed by atoms with Crippen molar-refractivity contribution in [3.63, 3.8) is 0 Å². The quantitative estimate of drug-likeness (QED) is 0.906. The third kappa shape index (κ3) is 2.41. The van der Waals surface area contributed by atoms with Crippen LogP contribution in [-0.2, 0) is 0 Å². The highest BCUT2D eigenvalue weighted by molar-refractivity contribution is 5.97. The molecule has 2 heterocycles. The van der Waals surface area contributed by atoms with E-state index in [0.29, 0.717) is 6.04 Å². The summed E-state index contributed by atoms with van der Waals surface area (Å²) in [5, 5.41) is 0. The molecule has 0 aliphatic carbocycles. The maximum Gasteiger partial charge on any atom is 0.253 e. The number of nitrogens with zero attached hydrogens (tertiary/aromatic N) is 3. The Morgan fingerprint density at radius 2 is 2.15 bits per heavy atom. The second-order valence-electron chi connectivity index (χ2n) is 5.58. The van der Waals surface area contributed by atoms with Crippen molar-refractivity contribution in [2.24, 2.45) is 0 Å². The lowest BCUT2D eigenvalue weighted by atomic mass is 10.0. The number of rotatable bonds is 2. The van der Waals surface area contributed by atoms with Crippen molar-refractivity contribution < 1.29 is 4.79 Å². The Morgan fingerprint density at radius 1 is 1.40 bits per heavy atom. The molecule has 0 saturated carbocycles.